The molecule has 0 aromatic heterocycles. The van der Waals surface area contributed by atoms with E-state index in [0.29, 0.717) is 11.8 Å². The average molecular weight is 451 g/mol. The van der Waals surface area contributed by atoms with E-state index in [1.807, 2.05) is 0 Å². The van der Waals surface area contributed by atoms with E-state index in [2.05, 4.69) is 27.4 Å². The van der Waals surface area contributed by atoms with Crippen molar-refractivity contribution in [1.82, 2.24) is 0 Å². The first kappa shape index (κ1) is 25.4. The largest absolute Gasteiger partial charge is 0.453 e. The van der Waals surface area contributed by atoms with Crippen molar-refractivity contribution in [2.75, 3.05) is 0 Å². The second-order valence-corrected chi connectivity index (χ2v) is 11.1. The number of esters is 1. The molecule has 0 spiro atoms. The quantitative estimate of drug-likeness (QED) is 0.369. The minimum Gasteiger partial charge on any atom is -0.453 e. The smallest absolute Gasteiger partial charge is 0.331 e. The highest BCUT2D eigenvalue weighted by Gasteiger charge is 2.55. The van der Waals surface area contributed by atoms with Crippen molar-refractivity contribution in [3.63, 3.8) is 0 Å². The molecule has 2 saturated carbocycles. The average Bonchev–Trinajstić information content (AvgIpc) is 2.68. The Kier molecular flexibility index (Phi) is 7.60. The molecule has 1 heterocycles. The van der Waals surface area contributed by atoms with Crippen LogP contribution in [0.15, 0.2) is 23.8 Å². The molecule has 32 heavy (non-hydrogen) atoms. The number of carbonyl (C=O) groups is 1. The molecule has 0 radical (unpaired) electrons. The second kappa shape index (κ2) is 9.57. The summed E-state index contributed by atoms with van der Waals surface area (Å²) in [6, 6.07) is 0. The Morgan fingerprint density at radius 2 is 1.81 bits per heavy atom. The molecule has 6 nitrogen and oxygen atoms in total. The van der Waals surface area contributed by atoms with Gasteiger partial charge in [-0.3, -0.25) is 0 Å². The lowest BCUT2D eigenvalue weighted by molar-refractivity contribution is -0.335. The van der Waals surface area contributed by atoms with Crippen molar-refractivity contribution in [3.8, 4) is 0 Å². The summed E-state index contributed by atoms with van der Waals surface area (Å²) in [6.45, 7) is 16.1. The van der Waals surface area contributed by atoms with Crippen molar-refractivity contribution < 1.29 is 29.2 Å². The summed E-state index contributed by atoms with van der Waals surface area (Å²) in [6.07, 6.45) is 2.64. The second-order valence-electron chi connectivity index (χ2n) is 11.1. The lowest BCUT2D eigenvalue weighted by Gasteiger charge is -2.57. The summed E-state index contributed by atoms with van der Waals surface area (Å²) in [5.74, 6) is 0.197. The zero-order valence-electron chi connectivity index (χ0n) is 20.6. The van der Waals surface area contributed by atoms with Gasteiger partial charge in [0.1, 0.15) is 12.2 Å². The van der Waals surface area contributed by atoms with Crippen molar-refractivity contribution in [3.05, 3.63) is 23.8 Å². The summed E-state index contributed by atoms with van der Waals surface area (Å²) in [5.41, 5.74) is 1.70. The molecule has 0 bridgehead atoms. The Balaban J connectivity index is 1.81. The van der Waals surface area contributed by atoms with Crippen LogP contribution in [0.25, 0.3) is 0 Å². The first-order chi connectivity index (χ1) is 14.9. The fourth-order valence-corrected chi connectivity index (χ4v) is 6.16. The van der Waals surface area contributed by atoms with E-state index < -0.39 is 42.3 Å². The Labute approximate surface area is 193 Å². The van der Waals surface area contributed by atoms with E-state index in [9.17, 15) is 15.0 Å². The first-order valence-corrected chi connectivity index (χ1v) is 12.1. The van der Waals surface area contributed by atoms with Gasteiger partial charge in [-0.25, -0.2) is 4.79 Å². The van der Waals surface area contributed by atoms with Crippen LogP contribution < -0.4 is 0 Å². The predicted octanol–water partition coefficient (Wildman–Crippen LogP) is 4.29. The van der Waals surface area contributed by atoms with Crippen LogP contribution in [0.5, 0.6) is 0 Å². The van der Waals surface area contributed by atoms with Crippen LogP contribution in [0.3, 0.4) is 0 Å². The summed E-state index contributed by atoms with van der Waals surface area (Å²) in [5, 5.41) is 21.6. The SMILES string of the molecule is C=C(C)C1CCC2(C)CCCC(C)(OC3OC(C)C(O)C(OC(=O)C=C(C)C)C3O)C2C1. The van der Waals surface area contributed by atoms with Gasteiger partial charge in [-0.05, 0) is 84.0 Å². The van der Waals surface area contributed by atoms with E-state index >= 15 is 0 Å². The molecule has 6 heteroatoms. The number of ether oxygens (including phenoxy) is 3. The molecular weight excluding hydrogens is 408 g/mol. The van der Waals surface area contributed by atoms with Crippen molar-refractivity contribution >= 4 is 5.97 Å². The lowest BCUT2D eigenvalue weighted by Crippen LogP contribution is -2.62. The molecule has 1 saturated heterocycles. The summed E-state index contributed by atoms with van der Waals surface area (Å²) in [7, 11) is 0. The molecule has 2 N–H and O–H groups in total. The van der Waals surface area contributed by atoms with Crippen LogP contribution in [0.4, 0.5) is 0 Å². The summed E-state index contributed by atoms with van der Waals surface area (Å²) < 4.78 is 17.9. The van der Waals surface area contributed by atoms with Gasteiger partial charge in [0, 0.05) is 6.08 Å². The molecule has 182 valence electrons. The van der Waals surface area contributed by atoms with Crippen LogP contribution in [-0.4, -0.2) is 52.5 Å². The van der Waals surface area contributed by atoms with Crippen molar-refractivity contribution in [1.29, 1.82) is 0 Å². The lowest BCUT2D eigenvalue weighted by atomic mass is 9.53. The summed E-state index contributed by atoms with van der Waals surface area (Å²) >= 11 is 0. The molecule has 3 aliphatic rings. The Morgan fingerprint density at radius 1 is 1.12 bits per heavy atom. The van der Waals surface area contributed by atoms with Crippen LogP contribution >= 0.6 is 0 Å². The van der Waals surface area contributed by atoms with Gasteiger partial charge in [-0.2, -0.15) is 0 Å². The highest BCUT2D eigenvalue weighted by molar-refractivity contribution is 5.82. The van der Waals surface area contributed by atoms with E-state index in [0.717, 1.165) is 37.7 Å². The van der Waals surface area contributed by atoms with Gasteiger partial charge in [-0.15, -0.1) is 0 Å². The molecule has 3 rings (SSSR count). The molecule has 2 aliphatic carbocycles. The highest BCUT2D eigenvalue weighted by atomic mass is 16.7. The monoisotopic (exact) mass is 450 g/mol. The maximum Gasteiger partial charge on any atom is 0.331 e. The normalized spacial score (nSPS) is 44.3. The topological polar surface area (TPSA) is 85.2 Å². The molecule has 9 unspecified atom stereocenters. The first-order valence-electron chi connectivity index (χ1n) is 12.1. The van der Waals surface area contributed by atoms with E-state index in [1.54, 1.807) is 20.8 Å². The van der Waals surface area contributed by atoms with Gasteiger partial charge in [0.2, 0.25) is 0 Å². The van der Waals surface area contributed by atoms with Gasteiger partial charge >= 0.3 is 5.97 Å². The highest BCUT2D eigenvalue weighted by Crippen LogP contribution is 2.57. The van der Waals surface area contributed by atoms with Crippen LogP contribution in [0.2, 0.25) is 0 Å². The Hall–Kier alpha value is -1.21. The van der Waals surface area contributed by atoms with E-state index in [4.69, 9.17) is 14.2 Å². The Bertz CT molecular complexity index is 743. The maximum absolute atomic E-state index is 12.2. The van der Waals surface area contributed by atoms with E-state index in [-0.39, 0.29) is 5.41 Å². The zero-order chi connectivity index (χ0) is 23.8. The molecule has 3 fully saturated rings. The van der Waals surface area contributed by atoms with Crippen LogP contribution in [0.1, 0.15) is 80.1 Å². The molecular formula is C26H42O6. The van der Waals surface area contributed by atoms with Crippen molar-refractivity contribution in [2.24, 2.45) is 17.3 Å². The van der Waals surface area contributed by atoms with E-state index in [1.165, 1.54) is 18.1 Å². The fourth-order valence-electron chi connectivity index (χ4n) is 6.16. The minimum absolute atomic E-state index is 0.180. The minimum atomic E-state index is -1.28. The third-order valence-corrected chi connectivity index (χ3v) is 8.11. The van der Waals surface area contributed by atoms with Gasteiger partial charge < -0.3 is 24.4 Å². The molecule has 1 aliphatic heterocycles. The number of rotatable bonds is 5. The molecule has 9 atom stereocenters. The fraction of sp³-hybridized carbons (Fsp3) is 0.808. The van der Waals surface area contributed by atoms with Crippen LogP contribution in [0, 0.1) is 17.3 Å². The number of aliphatic hydroxyl groups excluding tert-OH is 2. The number of fused-ring (bicyclic) bond motifs is 1. The molecule has 0 aromatic carbocycles. The van der Waals surface area contributed by atoms with Crippen LogP contribution in [-0.2, 0) is 19.0 Å². The summed E-state index contributed by atoms with van der Waals surface area (Å²) in [4.78, 5) is 12.2. The standard InChI is InChI=1S/C26H42O6/c1-15(2)13-20(27)31-23-21(28)17(5)30-24(22(23)29)32-26(7)11-8-10-25(6)12-9-18(16(3)4)14-19(25)26/h13,17-19,21-24,28-29H,3,8-12,14H2,1-2,4-7H3. The number of aliphatic hydroxyl groups is 2. The third-order valence-electron chi connectivity index (χ3n) is 8.11. The van der Waals surface area contributed by atoms with Gasteiger partial charge in [0.05, 0.1) is 11.7 Å². The predicted molar refractivity (Wildman–Crippen MR) is 123 cm³/mol. The number of carbonyl (C=O) groups excluding carboxylic acids is 1. The zero-order valence-corrected chi connectivity index (χ0v) is 20.6. The Morgan fingerprint density at radius 3 is 2.44 bits per heavy atom. The number of hydrogen-bond acceptors (Lipinski definition) is 6. The molecule has 0 aromatic rings. The maximum atomic E-state index is 12.2. The number of allylic oxidation sites excluding steroid dienone is 2. The third kappa shape index (κ3) is 5.14. The van der Waals surface area contributed by atoms with Gasteiger partial charge in [0.15, 0.2) is 12.4 Å². The van der Waals surface area contributed by atoms with Crippen molar-refractivity contribution in [2.45, 2.75) is 116 Å². The van der Waals surface area contributed by atoms with Gasteiger partial charge in [-0.1, -0.05) is 31.1 Å². The number of hydrogen-bond donors (Lipinski definition) is 2. The molecule has 0 amide bonds. The van der Waals surface area contributed by atoms with Gasteiger partial charge in [0.25, 0.3) is 0 Å².